The molecule has 0 spiro atoms. The van der Waals surface area contributed by atoms with E-state index in [1.807, 2.05) is 0 Å². The van der Waals surface area contributed by atoms with Gasteiger partial charge in [0.2, 0.25) is 0 Å². The Balaban J connectivity index is 1.82. The molecule has 3 N–H and O–H groups in total. The Morgan fingerprint density at radius 3 is 2.75 bits per heavy atom. The van der Waals surface area contributed by atoms with Crippen molar-refractivity contribution in [1.82, 2.24) is 20.1 Å². The van der Waals surface area contributed by atoms with Crippen molar-refractivity contribution in [2.24, 2.45) is 0 Å². The Hall–Kier alpha value is -2.90. The van der Waals surface area contributed by atoms with Crippen LogP contribution in [0.1, 0.15) is 5.56 Å². The zero-order valence-electron chi connectivity index (χ0n) is 10.5. The molecule has 0 aromatic carbocycles. The van der Waals surface area contributed by atoms with Gasteiger partial charge in [0, 0.05) is 25.1 Å². The molecule has 2 aromatic heterocycles. The molecule has 0 aliphatic rings. The van der Waals surface area contributed by atoms with Gasteiger partial charge in [0.25, 0.3) is 0 Å². The van der Waals surface area contributed by atoms with Crippen LogP contribution in [0.5, 0.6) is 0 Å². The van der Waals surface area contributed by atoms with E-state index in [1.54, 1.807) is 24.5 Å². The van der Waals surface area contributed by atoms with E-state index < -0.39 is 12.0 Å². The second-order valence-electron chi connectivity index (χ2n) is 3.98. The number of anilines is 1. The number of carbonyl (C=O) groups is 2. The van der Waals surface area contributed by atoms with Crippen LogP contribution in [0.4, 0.5) is 10.5 Å². The van der Waals surface area contributed by atoms with E-state index in [0.717, 1.165) is 5.56 Å². The quantitative estimate of drug-likeness (QED) is 0.743. The van der Waals surface area contributed by atoms with Crippen molar-refractivity contribution in [3.63, 3.8) is 0 Å². The first kappa shape index (κ1) is 13.5. The number of pyridine rings is 1. The topological polar surface area (TPSA) is 109 Å². The molecular weight excluding hydrogens is 262 g/mol. The molecule has 2 amide bonds. The lowest BCUT2D eigenvalue weighted by Gasteiger charge is -2.05. The maximum Gasteiger partial charge on any atom is 0.325 e. The smallest absolute Gasteiger partial charge is 0.325 e. The van der Waals surface area contributed by atoms with Crippen molar-refractivity contribution in [3.8, 4) is 0 Å². The maximum atomic E-state index is 11.6. The van der Waals surface area contributed by atoms with Crippen molar-refractivity contribution in [2.75, 3.05) is 5.32 Å². The summed E-state index contributed by atoms with van der Waals surface area (Å²) in [6.45, 7) is 0.123. The van der Waals surface area contributed by atoms with Gasteiger partial charge in [0.1, 0.15) is 6.54 Å². The van der Waals surface area contributed by atoms with Crippen LogP contribution >= 0.6 is 0 Å². The molecule has 0 atom stereocenters. The Labute approximate surface area is 114 Å². The third kappa shape index (κ3) is 4.09. The van der Waals surface area contributed by atoms with Gasteiger partial charge in [0.05, 0.1) is 11.9 Å². The molecule has 0 fully saturated rings. The van der Waals surface area contributed by atoms with Crippen LogP contribution in [-0.2, 0) is 17.9 Å². The van der Waals surface area contributed by atoms with Gasteiger partial charge in [-0.3, -0.25) is 14.5 Å². The van der Waals surface area contributed by atoms with Gasteiger partial charge in [-0.15, -0.1) is 0 Å². The van der Waals surface area contributed by atoms with E-state index in [2.05, 4.69) is 20.7 Å². The highest BCUT2D eigenvalue weighted by Crippen LogP contribution is 2.04. The fraction of sp³-hybridized carbons (Fsp3) is 0.167. The summed E-state index contributed by atoms with van der Waals surface area (Å²) in [7, 11) is 0. The van der Waals surface area contributed by atoms with Crippen molar-refractivity contribution in [2.45, 2.75) is 13.1 Å². The Morgan fingerprint density at radius 2 is 2.05 bits per heavy atom. The third-order valence-corrected chi connectivity index (χ3v) is 2.39. The van der Waals surface area contributed by atoms with E-state index in [-0.39, 0.29) is 6.54 Å². The predicted molar refractivity (Wildman–Crippen MR) is 70.0 cm³/mol. The summed E-state index contributed by atoms with van der Waals surface area (Å²) in [5.74, 6) is -0.998. The summed E-state index contributed by atoms with van der Waals surface area (Å²) < 4.78 is 1.22. The summed E-state index contributed by atoms with van der Waals surface area (Å²) >= 11 is 0. The fourth-order valence-corrected chi connectivity index (χ4v) is 1.51. The van der Waals surface area contributed by atoms with Crippen molar-refractivity contribution < 1.29 is 14.7 Å². The normalized spacial score (nSPS) is 10.0. The first-order valence-corrected chi connectivity index (χ1v) is 5.81. The molecule has 0 radical (unpaired) electrons. The molecule has 0 saturated carbocycles. The lowest BCUT2D eigenvalue weighted by molar-refractivity contribution is -0.137. The summed E-state index contributed by atoms with van der Waals surface area (Å²) in [5.41, 5.74) is 1.36. The van der Waals surface area contributed by atoms with Gasteiger partial charge in [-0.25, -0.2) is 4.79 Å². The van der Waals surface area contributed by atoms with Crippen LogP contribution in [0.15, 0.2) is 36.9 Å². The number of carbonyl (C=O) groups excluding carboxylic acids is 1. The van der Waals surface area contributed by atoms with Crippen LogP contribution in [-0.4, -0.2) is 31.9 Å². The number of carboxylic acid groups (broad SMARTS) is 1. The SMILES string of the molecule is O=C(O)Cn1cc(NC(=O)NCc2ccncc2)cn1. The van der Waals surface area contributed by atoms with Gasteiger partial charge in [-0.2, -0.15) is 5.10 Å². The van der Waals surface area contributed by atoms with Crippen molar-refractivity contribution >= 4 is 17.7 Å². The molecule has 0 aliphatic heterocycles. The minimum Gasteiger partial charge on any atom is -0.480 e. The van der Waals surface area contributed by atoms with Crippen LogP contribution < -0.4 is 10.6 Å². The van der Waals surface area contributed by atoms with Crippen molar-refractivity contribution in [3.05, 3.63) is 42.5 Å². The molecule has 8 heteroatoms. The zero-order valence-corrected chi connectivity index (χ0v) is 10.5. The molecule has 2 heterocycles. The number of nitrogens with one attached hydrogen (secondary N) is 2. The molecule has 0 bridgehead atoms. The molecule has 8 nitrogen and oxygen atoms in total. The molecule has 0 unspecified atom stereocenters. The van der Waals surface area contributed by atoms with Gasteiger partial charge >= 0.3 is 12.0 Å². The van der Waals surface area contributed by atoms with Gasteiger partial charge < -0.3 is 15.7 Å². The molecule has 0 aliphatic carbocycles. The van der Waals surface area contributed by atoms with Crippen LogP contribution in [0, 0.1) is 0 Å². The minimum atomic E-state index is -0.998. The molecule has 104 valence electrons. The Kier molecular flexibility index (Phi) is 4.28. The van der Waals surface area contributed by atoms with Crippen LogP contribution in [0.2, 0.25) is 0 Å². The van der Waals surface area contributed by atoms with E-state index in [1.165, 1.54) is 17.1 Å². The van der Waals surface area contributed by atoms with Gasteiger partial charge in [-0.1, -0.05) is 0 Å². The standard InChI is InChI=1S/C12H13N5O3/c18-11(19)8-17-7-10(6-15-17)16-12(20)14-5-9-1-3-13-4-2-9/h1-4,6-7H,5,8H2,(H,18,19)(H2,14,16,20). The molecule has 2 rings (SSSR count). The number of urea groups is 1. The summed E-state index contributed by atoms with van der Waals surface area (Å²) in [6.07, 6.45) is 6.12. The Morgan fingerprint density at radius 1 is 1.30 bits per heavy atom. The number of aromatic nitrogens is 3. The van der Waals surface area contributed by atoms with Gasteiger partial charge in [-0.05, 0) is 17.7 Å². The van der Waals surface area contributed by atoms with Crippen LogP contribution in [0.25, 0.3) is 0 Å². The highest BCUT2D eigenvalue weighted by Gasteiger charge is 2.05. The van der Waals surface area contributed by atoms with E-state index in [0.29, 0.717) is 12.2 Å². The van der Waals surface area contributed by atoms with Crippen molar-refractivity contribution in [1.29, 1.82) is 0 Å². The molecular formula is C12H13N5O3. The number of amides is 2. The number of hydrogen-bond acceptors (Lipinski definition) is 4. The maximum absolute atomic E-state index is 11.6. The summed E-state index contributed by atoms with van der Waals surface area (Å²) in [6, 6.07) is 3.20. The predicted octanol–water partition coefficient (Wildman–Crippen LogP) is 0.684. The highest BCUT2D eigenvalue weighted by molar-refractivity contribution is 5.88. The average molecular weight is 275 g/mol. The van der Waals surface area contributed by atoms with E-state index >= 15 is 0 Å². The number of nitrogens with zero attached hydrogens (tertiary/aromatic N) is 3. The number of rotatable bonds is 5. The minimum absolute atomic E-state index is 0.250. The molecule has 20 heavy (non-hydrogen) atoms. The first-order chi connectivity index (χ1) is 9.63. The average Bonchev–Trinajstić information content (AvgIpc) is 2.84. The summed E-state index contributed by atoms with van der Waals surface area (Å²) in [5, 5.41) is 17.6. The summed E-state index contributed by atoms with van der Waals surface area (Å²) in [4.78, 5) is 26.0. The lowest BCUT2D eigenvalue weighted by atomic mass is 10.3. The molecule has 2 aromatic rings. The number of carboxylic acids is 1. The number of aliphatic carboxylic acids is 1. The third-order valence-electron chi connectivity index (χ3n) is 2.39. The lowest BCUT2D eigenvalue weighted by Crippen LogP contribution is -2.28. The second kappa shape index (κ2) is 6.32. The fourth-order valence-electron chi connectivity index (χ4n) is 1.51. The van der Waals surface area contributed by atoms with Gasteiger partial charge in [0.15, 0.2) is 0 Å². The largest absolute Gasteiger partial charge is 0.480 e. The first-order valence-electron chi connectivity index (χ1n) is 5.81. The Bertz CT molecular complexity index is 596. The van der Waals surface area contributed by atoms with E-state index in [9.17, 15) is 9.59 Å². The number of hydrogen-bond donors (Lipinski definition) is 3. The van der Waals surface area contributed by atoms with Crippen LogP contribution in [0.3, 0.4) is 0 Å². The zero-order chi connectivity index (χ0) is 14.4. The highest BCUT2D eigenvalue weighted by atomic mass is 16.4. The van der Waals surface area contributed by atoms with E-state index in [4.69, 9.17) is 5.11 Å². The second-order valence-corrected chi connectivity index (χ2v) is 3.98. The monoisotopic (exact) mass is 275 g/mol. The molecule has 0 saturated heterocycles.